The number of halogens is 1. The number of aromatic nitrogens is 2. The van der Waals surface area contributed by atoms with Crippen LogP contribution >= 0.6 is 0 Å². The summed E-state index contributed by atoms with van der Waals surface area (Å²) < 4.78 is 19.2. The van der Waals surface area contributed by atoms with Gasteiger partial charge in [-0.1, -0.05) is 0 Å². The average Bonchev–Trinajstić information content (AvgIpc) is 2.65. The maximum absolute atomic E-state index is 13.2. The van der Waals surface area contributed by atoms with Crippen LogP contribution in [-0.2, 0) is 4.74 Å². The van der Waals surface area contributed by atoms with Gasteiger partial charge in [-0.05, 0) is 39.0 Å². The van der Waals surface area contributed by atoms with Gasteiger partial charge in [0.15, 0.2) is 5.69 Å². The fourth-order valence-corrected chi connectivity index (χ4v) is 1.69. The van der Waals surface area contributed by atoms with Crippen molar-refractivity contribution in [3.8, 4) is 0 Å². The van der Waals surface area contributed by atoms with Gasteiger partial charge in [0.1, 0.15) is 11.4 Å². The van der Waals surface area contributed by atoms with Gasteiger partial charge in [-0.2, -0.15) is 9.78 Å². The number of benzene rings is 1. The first kappa shape index (κ1) is 14.0. The fraction of sp³-hybridized carbons (Fsp3) is 0.308. The number of rotatable bonds is 1. The average molecular weight is 280 g/mol. The molecule has 0 aliphatic rings. The summed E-state index contributed by atoms with van der Waals surface area (Å²) in [5, 5.41) is 12.8. The van der Waals surface area contributed by atoms with E-state index in [0.717, 1.165) is 16.8 Å². The molecular formula is C13H13FN2O4. The summed E-state index contributed by atoms with van der Waals surface area (Å²) in [6.07, 6.45) is -0.818. The lowest BCUT2D eigenvalue weighted by Gasteiger charge is -2.19. The molecule has 0 saturated carbocycles. The topological polar surface area (TPSA) is 81.4 Å². The Morgan fingerprint density at radius 2 is 2.00 bits per heavy atom. The second kappa shape index (κ2) is 4.59. The van der Waals surface area contributed by atoms with E-state index in [1.54, 1.807) is 20.8 Å². The third-order valence-corrected chi connectivity index (χ3v) is 2.41. The monoisotopic (exact) mass is 280 g/mol. The quantitative estimate of drug-likeness (QED) is 0.868. The fourth-order valence-electron chi connectivity index (χ4n) is 1.69. The van der Waals surface area contributed by atoms with Gasteiger partial charge in [0, 0.05) is 5.39 Å². The third-order valence-electron chi connectivity index (χ3n) is 2.41. The van der Waals surface area contributed by atoms with Gasteiger partial charge in [-0.3, -0.25) is 0 Å². The molecule has 1 aromatic carbocycles. The summed E-state index contributed by atoms with van der Waals surface area (Å²) >= 11 is 0. The summed E-state index contributed by atoms with van der Waals surface area (Å²) in [7, 11) is 0. The molecule has 0 aliphatic carbocycles. The van der Waals surface area contributed by atoms with E-state index < -0.39 is 29.2 Å². The number of aromatic carboxylic acids is 1. The smallest absolute Gasteiger partial charge is 0.435 e. The number of carbonyl (C=O) groups excluding carboxylic acids is 1. The number of ether oxygens (including phenoxy) is 1. The molecule has 0 radical (unpaired) electrons. The second-order valence-electron chi connectivity index (χ2n) is 5.21. The minimum atomic E-state index is -1.34. The summed E-state index contributed by atoms with van der Waals surface area (Å²) in [6, 6.07) is 3.43. The van der Waals surface area contributed by atoms with Crippen LogP contribution in [0.15, 0.2) is 18.2 Å². The normalized spacial score (nSPS) is 11.6. The molecule has 0 atom stereocenters. The van der Waals surface area contributed by atoms with Gasteiger partial charge in [0.25, 0.3) is 0 Å². The molecule has 2 rings (SSSR count). The van der Waals surface area contributed by atoms with E-state index in [-0.39, 0.29) is 10.9 Å². The van der Waals surface area contributed by atoms with E-state index >= 15 is 0 Å². The van der Waals surface area contributed by atoms with Crippen molar-refractivity contribution in [3.05, 3.63) is 29.7 Å². The molecular weight excluding hydrogens is 267 g/mol. The summed E-state index contributed by atoms with van der Waals surface area (Å²) in [5.74, 6) is -1.95. The first-order valence-electron chi connectivity index (χ1n) is 5.84. The van der Waals surface area contributed by atoms with Crippen LogP contribution in [0.2, 0.25) is 0 Å². The van der Waals surface area contributed by atoms with Crippen LogP contribution in [0, 0.1) is 5.82 Å². The van der Waals surface area contributed by atoms with Crippen molar-refractivity contribution in [2.24, 2.45) is 0 Å². The van der Waals surface area contributed by atoms with E-state index in [0.29, 0.717) is 0 Å². The van der Waals surface area contributed by atoms with Crippen LogP contribution in [0.1, 0.15) is 31.3 Å². The summed E-state index contributed by atoms with van der Waals surface area (Å²) in [4.78, 5) is 23.1. The van der Waals surface area contributed by atoms with E-state index in [4.69, 9.17) is 9.84 Å². The number of carboxylic acids is 1. The molecule has 2 aromatic rings. The number of fused-ring (bicyclic) bond motifs is 1. The molecule has 0 saturated heterocycles. The molecule has 1 N–H and O–H groups in total. The number of carboxylic acid groups (broad SMARTS) is 1. The van der Waals surface area contributed by atoms with E-state index in [1.165, 1.54) is 6.07 Å². The molecule has 6 nitrogen and oxygen atoms in total. The Hall–Kier alpha value is -2.44. The maximum atomic E-state index is 13.2. The lowest BCUT2D eigenvalue weighted by Crippen LogP contribution is -2.27. The highest BCUT2D eigenvalue weighted by Crippen LogP contribution is 2.21. The van der Waals surface area contributed by atoms with Crippen LogP contribution in [-0.4, -0.2) is 32.6 Å². The molecule has 0 amide bonds. The zero-order valence-electron chi connectivity index (χ0n) is 11.2. The van der Waals surface area contributed by atoms with E-state index in [1.807, 2.05) is 0 Å². The van der Waals surface area contributed by atoms with Crippen molar-refractivity contribution in [2.45, 2.75) is 26.4 Å². The largest absolute Gasteiger partial charge is 0.476 e. The van der Waals surface area contributed by atoms with Gasteiger partial charge in [0.2, 0.25) is 0 Å². The van der Waals surface area contributed by atoms with Crippen LogP contribution in [0.3, 0.4) is 0 Å². The number of carbonyl (C=O) groups is 2. The number of hydrogen-bond acceptors (Lipinski definition) is 4. The summed E-state index contributed by atoms with van der Waals surface area (Å²) in [5.41, 5.74) is -0.970. The predicted octanol–water partition coefficient (Wildman–Crippen LogP) is 2.66. The first-order chi connectivity index (χ1) is 9.19. The lowest BCUT2D eigenvalue weighted by atomic mass is 10.2. The van der Waals surface area contributed by atoms with Gasteiger partial charge in [-0.15, -0.1) is 0 Å². The third kappa shape index (κ3) is 2.61. The zero-order valence-corrected chi connectivity index (χ0v) is 11.2. The number of hydrogen-bond donors (Lipinski definition) is 1. The van der Waals surface area contributed by atoms with Gasteiger partial charge < -0.3 is 9.84 Å². The molecule has 1 heterocycles. The molecule has 0 aliphatic heterocycles. The van der Waals surface area contributed by atoms with Gasteiger partial charge in [-0.25, -0.2) is 14.0 Å². The van der Waals surface area contributed by atoms with Crippen LogP contribution < -0.4 is 0 Å². The minimum absolute atomic E-state index is 0.0448. The van der Waals surface area contributed by atoms with Crippen molar-refractivity contribution in [2.75, 3.05) is 0 Å². The molecule has 0 fully saturated rings. The number of nitrogens with zero attached hydrogens (tertiary/aromatic N) is 2. The zero-order chi connectivity index (χ0) is 15.1. The highest BCUT2D eigenvalue weighted by molar-refractivity contribution is 6.03. The molecule has 20 heavy (non-hydrogen) atoms. The van der Waals surface area contributed by atoms with E-state index in [2.05, 4.69) is 5.10 Å². The van der Waals surface area contributed by atoms with Crippen molar-refractivity contribution in [1.29, 1.82) is 0 Å². The summed E-state index contributed by atoms with van der Waals surface area (Å²) in [6.45, 7) is 5.02. The molecule has 0 bridgehead atoms. The second-order valence-corrected chi connectivity index (χ2v) is 5.21. The molecule has 106 valence electrons. The Kier molecular flexibility index (Phi) is 3.21. The Balaban J connectivity index is 2.60. The lowest BCUT2D eigenvalue weighted by molar-refractivity contribution is 0.0521. The molecule has 1 aromatic heterocycles. The van der Waals surface area contributed by atoms with Gasteiger partial charge >= 0.3 is 12.1 Å². The molecule has 7 heteroatoms. The minimum Gasteiger partial charge on any atom is -0.476 e. The van der Waals surface area contributed by atoms with Gasteiger partial charge in [0.05, 0.1) is 5.52 Å². The predicted molar refractivity (Wildman–Crippen MR) is 68.3 cm³/mol. The van der Waals surface area contributed by atoms with Crippen molar-refractivity contribution < 1.29 is 23.8 Å². The standard InChI is InChI=1S/C13H13FN2O4/c1-13(2,3)20-12(19)16-9-5-4-7(14)6-8(9)10(15-16)11(17)18/h4-6H,1-3H3,(H,17,18). The van der Waals surface area contributed by atoms with Crippen LogP contribution in [0.5, 0.6) is 0 Å². The Labute approximate surface area is 113 Å². The van der Waals surface area contributed by atoms with Crippen molar-refractivity contribution in [1.82, 2.24) is 9.78 Å². The highest BCUT2D eigenvalue weighted by atomic mass is 19.1. The molecule has 0 spiro atoms. The molecule has 0 unspecified atom stereocenters. The van der Waals surface area contributed by atoms with Crippen LogP contribution in [0.25, 0.3) is 10.9 Å². The SMILES string of the molecule is CC(C)(C)OC(=O)n1nc(C(=O)O)c2cc(F)ccc21. The maximum Gasteiger partial charge on any atom is 0.435 e. The Bertz CT molecular complexity index is 700. The van der Waals surface area contributed by atoms with Crippen molar-refractivity contribution >= 4 is 23.0 Å². The Morgan fingerprint density at radius 3 is 2.55 bits per heavy atom. The Morgan fingerprint density at radius 1 is 1.35 bits per heavy atom. The highest BCUT2D eigenvalue weighted by Gasteiger charge is 2.24. The van der Waals surface area contributed by atoms with E-state index in [9.17, 15) is 14.0 Å². The van der Waals surface area contributed by atoms with Crippen molar-refractivity contribution in [3.63, 3.8) is 0 Å². The first-order valence-corrected chi connectivity index (χ1v) is 5.84. The van der Waals surface area contributed by atoms with Crippen LogP contribution in [0.4, 0.5) is 9.18 Å².